The molecule has 1 saturated carbocycles. The minimum Gasteiger partial charge on any atom is -0.298 e. The highest BCUT2D eigenvalue weighted by molar-refractivity contribution is 5.22. The highest BCUT2D eigenvalue weighted by Gasteiger charge is 2.43. The summed E-state index contributed by atoms with van der Waals surface area (Å²) in [6.45, 7) is 1.80. The number of rotatable bonds is 3. The Hall–Kier alpha value is -1.64. The molecule has 2 aliphatic rings. The predicted molar refractivity (Wildman–Crippen MR) is 83.6 cm³/mol. The first-order valence-electron chi connectivity index (χ1n) is 7.88. The Labute approximate surface area is 126 Å². The Bertz CT molecular complexity index is 583. The van der Waals surface area contributed by atoms with Crippen molar-refractivity contribution in [2.24, 2.45) is 5.92 Å². The molecule has 1 saturated heterocycles. The zero-order chi connectivity index (χ0) is 14.1. The largest absolute Gasteiger partial charge is 0.298 e. The molecule has 21 heavy (non-hydrogen) atoms. The average molecular weight is 279 g/mol. The van der Waals surface area contributed by atoms with Gasteiger partial charge in [-0.1, -0.05) is 60.7 Å². The molecule has 1 aliphatic heterocycles. The van der Waals surface area contributed by atoms with Gasteiger partial charge in [0.05, 0.1) is 6.61 Å². The standard InChI is InChI=1S/C19H21NO/c1-3-7-15(8-4-1)13-20-19-12-17(11-18(19)14-21-20)16-9-5-2-6-10-16/h1-10,17-19H,11-14H2/t17-,18+,19+/m1/s1. The number of nitrogens with zero attached hydrogens (tertiary/aromatic N) is 1. The Morgan fingerprint density at radius 2 is 1.62 bits per heavy atom. The van der Waals surface area contributed by atoms with Gasteiger partial charge < -0.3 is 0 Å². The minimum absolute atomic E-state index is 0.579. The molecular weight excluding hydrogens is 258 g/mol. The van der Waals surface area contributed by atoms with Crippen LogP contribution in [0.1, 0.15) is 29.9 Å². The molecule has 0 unspecified atom stereocenters. The summed E-state index contributed by atoms with van der Waals surface area (Å²) in [5.41, 5.74) is 2.83. The smallest absolute Gasteiger partial charge is 0.0729 e. The number of hydrogen-bond acceptors (Lipinski definition) is 2. The van der Waals surface area contributed by atoms with Crippen LogP contribution in [0, 0.1) is 5.92 Å². The second-order valence-electron chi connectivity index (χ2n) is 6.26. The minimum atomic E-state index is 0.579. The third-order valence-corrected chi connectivity index (χ3v) is 4.93. The summed E-state index contributed by atoms with van der Waals surface area (Å²) in [7, 11) is 0. The number of fused-ring (bicyclic) bond motifs is 1. The van der Waals surface area contributed by atoms with Gasteiger partial charge in [-0.3, -0.25) is 4.84 Å². The number of hydrogen-bond donors (Lipinski definition) is 0. The molecule has 0 spiro atoms. The van der Waals surface area contributed by atoms with Crippen LogP contribution in [0.2, 0.25) is 0 Å². The second-order valence-corrected chi connectivity index (χ2v) is 6.26. The first-order valence-corrected chi connectivity index (χ1v) is 7.88. The van der Waals surface area contributed by atoms with Crippen LogP contribution >= 0.6 is 0 Å². The van der Waals surface area contributed by atoms with E-state index in [4.69, 9.17) is 4.84 Å². The topological polar surface area (TPSA) is 12.5 Å². The lowest BCUT2D eigenvalue weighted by atomic mass is 9.97. The van der Waals surface area contributed by atoms with Crippen LogP contribution in [0.4, 0.5) is 0 Å². The van der Waals surface area contributed by atoms with Crippen molar-refractivity contribution in [3.63, 3.8) is 0 Å². The summed E-state index contributed by atoms with van der Waals surface area (Å²) >= 11 is 0. The molecule has 0 N–H and O–H groups in total. The fourth-order valence-electron chi connectivity index (χ4n) is 3.85. The van der Waals surface area contributed by atoms with Gasteiger partial charge in [-0.05, 0) is 29.9 Å². The van der Waals surface area contributed by atoms with Crippen molar-refractivity contribution < 1.29 is 4.84 Å². The van der Waals surface area contributed by atoms with Crippen LogP contribution in [0.5, 0.6) is 0 Å². The van der Waals surface area contributed by atoms with Crippen LogP contribution in [0.25, 0.3) is 0 Å². The zero-order valence-electron chi connectivity index (χ0n) is 12.2. The van der Waals surface area contributed by atoms with E-state index in [0.29, 0.717) is 17.9 Å². The quantitative estimate of drug-likeness (QED) is 0.842. The molecule has 2 aromatic carbocycles. The van der Waals surface area contributed by atoms with Gasteiger partial charge in [0.15, 0.2) is 0 Å². The summed E-state index contributed by atoms with van der Waals surface area (Å²) < 4.78 is 0. The van der Waals surface area contributed by atoms with E-state index in [-0.39, 0.29) is 0 Å². The van der Waals surface area contributed by atoms with E-state index < -0.39 is 0 Å². The van der Waals surface area contributed by atoms with Gasteiger partial charge in [0.2, 0.25) is 0 Å². The Morgan fingerprint density at radius 1 is 0.905 bits per heavy atom. The van der Waals surface area contributed by atoms with Crippen molar-refractivity contribution in [1.82, 2.24) is 5.06 Å². The molecule has 0 amide bonds. The van der Waals surface area contributed by atoms with Crippen molar-refractivity contribution >= 4 is 0 Å². The van der Waals surface area contributed by atoms with E-state index in [1.165, 1.54) is 24.0 Å². The third-order valence-electron chi connectivity index (χ3n) is 4.93. The van der Waals surface area contributed by atoms with E-state index >= 15 is 0 Å². The summed E-state index contributed by atoms with van der Waals surface area (Å²) in [6, 6.07) is 22.2. The maximum absolute atomic E-state index is 5.94. The SMILES string of the molecule is c1ccc(CN2OC[C@@H]3C[C@@H](c4ccccc4)C[C@@H]32)cc1. The summed E-state index contributed by atoms with van der Waals surface area (Å²) in [6.07, 6.45) is 2.49. The fraction of sp³-hybridized carbons (Fsp3) is 0.368. The van der Waals surface area contributed by atoms with Crippen molar-refractivity contribution in [3.05, 3.63) is 71.8 Å². The summed E-state index contributed by atoms with van der Waals surface area (Å²) in [5.74, 6) is 1.39. The summed E-state index contributed by atoms with van der Waals surface area (Å²) in [4.78, 5) is 5.94. The molecule has 4 rings (SSSR count). The lowest BCUT2D eigenvalue weighted by Gasteiger charge is -2.22. The number of hydroxylamine groups is 2. The van der Waals surface area contributed by atoms with Crippen molar-refractivity contribution in [3.8, 4) is 0 Å². The molecular formula is C19H21NO. The van der Waals surface area contributed by atoms with Crippen molar-refractivity contribution in [1.29, 1.82) is 0 Å². The molecule has 0 bridgehead atoms. The predicted octanol–water partition coefficient (Wildman–Crippen LogP) is 4.00. The van der Waals surface area contributed by atoms with Crippen molar-refractivity contribution in [2.75, 3.05) is 6.61 Å². The van der Waals surface area contributed by atoms with Crippen LogP contribution in [-0.4, -0.2) is 17.7 Å². The third kappa shape index (κ3) is 2.61. The molecule has 1 heterocycles. The molecule has 3 atom stereocenters. The van der Waals surface area contributed by atoms with Crippen LogP contribution < -0.4 is 0 Å². The highest BCUT2D eigenvalue weighted by atomic mass is 16.7. The molecule has 2 fully saturated rings. The maximum Gasteiger partial charge on any atom is 0.0729 e. The van der Waals surface area contributed by atoms with Gasteiger partial charge in [-0.2, -0.15) is 5.06 Å². The first-order chi connectivity index (χ1) is 10.4. The van der Waals surface area contributed by atoms with Crippen LogP contribution in [-0.2, 0) is 11.4 Å². The van der Waals surface area contributed by atoms with Gasteiger partial charge >= 0.3 is 0 Å². The van der Waals surface area contributed by atoms with E-state index in [1.54, 1.807) is 0 Å². The van der Waals surface area contributed by atoms with Gasteiger partial charge in [-0.25, -0.2) is 0 Å². The Balaban J connectivity index is 1.46. The number of benzene rings is 2. The maximum atomic E-state index is 5.94. The Kier molecular flexibility index (Phi) is 3.50. The fourth-order valence-corrected chi connectivity index (χ4v) is 3.85. The molecule has 0 aromatic heterocycles. The van der Waals surface area contributed by atoms with Gasteiger partial charge in [0.1, 0.15) is 0 Å². The van der Waals surface area contributed by atoms with Gasteiger partial charge in [0.25, 0.3) is 0 Å². The highest BCUT2D eigenvalue weighted by Crippen LogP contribution is 2.44. The van der Waals surface area contributed by atoms with E-state index in [9.17, 15) is 0 Å². The molecule has 2 aromatic rings. The monoisotopic (exact) mass is 279 g/mol. The molecule has 108 valence electrons. The van der Waals surface area contributed by atoms with Crippen molar-refractivity contribution in [2.45, 2.75) is 31.3 Å². The Morgan fingerprint density at radius 3 is 2.38 bits per heavy atom. The first kappa shape index (κ1) is 13.1. The van der Waals surface area contributed by atoms with E-state index in [0.717, 1.165) is 13.2 Å². The summed E-state index contributed by atoms with van der Waals surface area (Å²) in [5, 5.41) is 2.23. The van der Waals surface area contributed by atoms with E-state index in [1.807, 2.05) is 0 Å². The average Bonchev–Trinajstić information content (AvgIpc) is 3.11. The molecule has 0 radical (unpaired) electrons. The van der Waals surface area contributed by atoms with Gasteiger partial charge in [0, 0.05) is 18.5 Å². The van der Waals surface area contributed by atoms with Crippen LogP contribution in [0.3, 0.4) is 0 Å². The lowest BCUT2D eigenvalue weighted by molar-refractivity contribution is -0.141. The molecule has 1 aliphatic carbocycles. The lowest BCUT2D eigenvalue weighted by Crippen LogP contribution is -2.28. The molecule has 2 nitrogen and oxygen atoms in total. The van der Waals surface area contributed by atoms with Gasteiger partial charge in [-0.15, -0.1) is 0 Å². The molecule has 2 heteroatoms. The zero-order valence-corrected chi connectivity index (χ0v) is 12.2. The second kappa shape index (κ2) is 5.63. The normalized spacial score (nSPS) is 28.7. The van der Waals surface area contributed by atoms with E-state index in [2.05, 4.69) is 65.7 Å². The van der Waals surface area contributed by atoms with Crippen LogP contribution in [0.15, 0.2) is 60.7 Å².